The Balaban J connectivity index is 0.000000684. The molecular weight excluding hydrogens is 456 g/mol. The summed E-state index contributed by atoms with van der Waals surface area (Å²) < 4.78 is 27.6. The fourth-order valence-corrected chi connectivity index (χ4v) is 7.17. The summed E-state index contributed by atoms with van der Waals surface area (Å²) in [7, 11) is 3.90. The van der Waals surface area contributed by atoms with Crippen molar-refractivity contribution in [3.63, 3.8) is 0 Å². The molecule has 1 unspecified atom stereocenters. The molecule has 9 nitrogen and oxygen atoms in total. The minimum atomic E-state index is -2.68. The molecule has 1 aromatic rings. The van der Waals surface area contributed by atoms with Crippen molar-refractivity contribution in [1.29, 1.82) is 0 Å². The van der Waals surface area contributed by atoms with Crippen LogP contribution >= 0.6 is 0 Å². The lowest BCUT2D eigenvalue weighted by Crippen LogP contribution is -2.51. The Morgan fingerprint density at radius 1 is 0.788 bits per heavy atom. The average Bonchev–Trinajstić information content (AvgIpc) is 2.86. The molecule has 0 aliphatic rings. The van der Waals surface area contributed by atoms with Crippen LogP contribution in [-0.2, 0) is 28.6 Å². The van der Waals surface area contributed by atoms with Gasteiger partial charge in [0.2, 0.25) is 0 Å². The van der Waals surface area contributed by atoms with Crippen molar-refractivity contribution in [3.05, 3.63) is 35.9 Å². The summed E-state index contributed by atoms with van der Waals surface area (Å²) in [6.07, 6.45) is 1.94. The van der Waals surface area contributed by atoms with Gasteiger partial charge in [-0.2, -0.15) is 0 Å². The second kappa shape index (κ2) is 19.6. The molecule has 1 rings (SSSR count). The molecule has 11 heteroatoms. The van der Waals surface area contributed by atoms with Gasteiger partial charge in [0.1, 0.15) is 0 Å². The first-order valence-corrected chi connectivity index (χ1v) is 15.8. The Morgan fingerprint density at radius 3 is 1.82 bits per heavy atom. The molecule has 1 atom stereocenters. The molecule has 0 spiro atoms. The van der Waals surface area contributed by atoms with Crippen LogP contribution in [0.4, 0.5) is 0 Å². The molecule has 33 heavy (non-hydrogen) atoms. The zero-order valence-corrected chi connectivity index (χ0v) is 23.5. The predicted octanol–water partition coefficient (Wildman–Crippen LogP) is 1.32. The van der Waals surface area contributed by atoms with E-state index in [1.807, 2.05) is 18.2 Å². The second-order valence-corrected chi connectivity index (χ2v) is 14.6. The summed E-state index contributed by atoms with van der Waals surface area (Å²) in [5.41, 5.74) is 12.3. The standard InChI is InChI=1S/C14H26N2O3Si.C8H22N2O2Si/c1-17-20(18-2,19-3)14(12-16-10-9-15)11-13-7-5-4-6-8-13;1-11-13(3,12-2)8-4-6-10-7-5-9/h4-8,14,16H,9-12,15H2,1-3H3;10H,4-9H2,1-3H3. The lowest BCUT2D eigenvalue weighted by Gasteiger charge is -2.32. The number of nitrogens with one attached hydrogen (secondary N) is 2. The van der Waals surface area contributed by atoms with Crippen LogP contribution in [0.5, 0.6) is 0 Å². The van der Waals surface area contributed by atoms with Crippen molar-refractivity contribution >= 4 is 17.4 Å². The van der Waals surface area contributed by atoms with Crippen molar-refractivity contribution in [3.8, 4) is 0 Å². The maximum absolute atomic E-state index is 5.62. The van der Waals surface area contributed by atoms with E-state index in [1.54, 1.807) is 35.5 Å². The molecule has 0 radical (unpaired) electrons. The van der Waals surface area contributed by atoms with Crippen molar-refractivity contribution < 1.29 is 22.1 Å². The SMILES string of the molecule is CO[Si](C)(CCCNCCN)OC.CO[Si](OC)(OC)C(CNCCN)Cc1ccccc1. The van der Waals surface area contributed by atoms with E-state index in [2.05, 4.69) is 29.3 Å². The summed E-state index contributed by atoms with van der Waals surface area (Å²) >= 11 is 0. The first-order chi connectivity index (χ1) is 15.9. The van der Waals surface area contributed by atoms with Crippen molar-refractivity contribution in [2.24, 2.45) is 11.5 Å². The second-order valence-electron chi connectivity index (χ2n) is 7.78. The number of rotatable bonds is 18. The van der Waals surface area contributed by atoms with E-state index in [1.165, 1.54) is 5.56 Å². The first-order valence-electron chi connectivity index (χ1n) is 11.5. The maximum atomic E-state index is 5.62. The van der Waals surface area contributed by atoms with Gasteiger partial charge in [0, 0.05) is 73.8 Å². The van der Waals surface area contributed by atoms with E-state index in [9.17, 15) is 0 Å². The van der Waals surface area contributed by atoms with Gasteiger partial charge in [0.05, 0.1) is 0 Å². The highest BCUT2D eigenvalue weighted by molar-refractivity contribution is 6.65. The van der Waals surface area contributed by atoms with Gasteiger partial charge >= 0.3 is 17.4 Å². The molecule has 0 aliphatic heterocycles. The summed E-state index contributed by atoms with van der Waals surface area (Å²) in [6, 6.07) is 11.3. The maximum Gasteiger partial charge on any atom is 0.505 e. The van der Waals surface area contributed by atoms with Crippen LogP contribution in [0.1, 0.15) is 12.0 Å². The molecule has 0 aromatic heterocycles. The zero-order chi connectivity index (χ0) is 25.0. The summed E-state index contributed by atoms with van der Waals surface area (Å²) in [4.78, 5) is 0. The predicted molar refractivity (Wildman–Crippen MR) is 140 cm³/mol. The fourth-order valence-electron chi connectivity index (χ4n) is 3.40. The van der Waals surface area contributed by atoms with Gasteiger partial charge in [-0.3, -0.25) is 0 Å². The van der Waals surface area contributed by atoms with Gasteiger partial charge in [-0.1, -0.05) is 30.3 Å². The molecule has 0 bridgehead atoms. The molecule has 0 saturated carbocycles. The third-order valence-corrected chi connectivity index (χ3v) is 11.7. The van der Waals surface area contributed by atoms with Gasteiger partial charge in [-0.05, 0) is 37.5 Å². The molecule has 0 fully saturated rings. The lowest BCUT2D eigenvalue weighted by molar-refractivity contribution is 0.110. The Morgan fingerprint density at radius 2 is 1.33 bits per heavy atom. The highest BCUT2D eigenvalue weighted by atomic mass is 28.4. The van der Waals surface area contributed by atoms with E-state index in [0.717, 1.165) is 45.1 Å². The van der Waals surface area contributed by atoms with Crippen LogP contribution in [0.15, 0.2) is 30.3 Å². The van der Waals surface area contributed by atoms with Crippen LogP contribution in [0.3, 0.4) is 0 Å². The third kappa shape index (κ3) is 13.1. The highest BCUT2D eigenvalue weighted by Gasteiger charge is 2.46. The topological polar surface area (TPSA) is 122 Å². The van der Waals surface area contributed by atoms with Crippen LogP contribution in [-0.4, -0.2) is 92.2 Å². The van der Waals surface area contributed by atoms with Crippen molar-refractivity contribution in [2.45, 2.75) is 31.0 Å². The molecule has 0 heterocycles. The van der Waals surface area contributed by atoms with Crippen molar-refractivity contribution in [2.75, 3.05) is 74.8 Å². The summed E-state index contributed by atoms with van der Waals surface area (Å²) in [5.74, 6) is 0. The highest BCUT2D eigenvalue weighted by Crippen LogP contribution is 2.27. The Bertz CT molecular complexity index is 559. The van der Waals surface area contributed by atoms with Crippen LogP contribution in [0.25, 0.3) is 0 Å². The fraction of sp³-hybridized carbons (Fsp3) is 0.727. The monoisotopic (exact) mass is 504 g/mol. The smallest absolute Gasteiger partial charge is 0.398 e. The Hall–Kier alpha value is -0.706. The largest absolute Gasteiger partial charge is 0.505 e. The van der Waals surface area contributed by atoms with Crippen LogP contribution in [0.2, 0.25) is 18.1 Å². The molecule has 194 valence electrons. The van der Waals surface area contributed by atoms with Crippen LogP contribution < -0.4 is 22.1 Å². The normalized spacial score (nSPS) is 12.8. The lowest BCUT2D eigenvalue weighted by atomic mass is 10.1. The van der Waals surface area contributed by atoms with Gasteiger partial charge in [-0.15, -0.1) is 0 Å². The molecule has 0 amide bonds. The van der Waals surface area contributed by atoms with E-state index in [0.29, 0.717) is 13.1 Å². The third-order valence-electron chi connectivity index (χ3n) is 5.56. The molecule has 0 aliphatic carbocycles. The quantitative estimate of drug-likeness (QED) is 0.173. The Labute approximate surface area is 203 Å². The Kier molecular flexibility index (Phi) is 19.2. The number of nitrogens with two attached hydrogens (primary N) is 2. The van der Waals surface area contributed by atoms with Gasteiger partial charge < -0.3 is 44.2 Å². The minimum Gasteiger partial charge on any atom is -0.398 e. The van der Waals surface area contributed by atoms with Gasteiger partial charge in [0.25, 0.3) is 0 Å². The van der Waals surface area contributed by atoms with E-state index in [-0.39, 0.29) is 5.54 Å². The number of benzene rings is 1. The van der Waals surface area contributed by atoms with Gasteiger partial charge in [-0.25, -0.2) is 0 Å². The molecule has 1 aromatic carbocycles. The minimum absolute atomic E-state index is 0.149. The molecule has 0 saturated heterocycles. The number of hydrogen-bond acceptors (Lipinski definition) is 9. The zero-order valence-electron chi connectivity index (χ0n) is 21.5. The van der Waals surface area contributed by atoms with Crippen molar-refractivity contribution in [1.82, 2.24) is 10.6 Å². The van der Waals surface area contributed by atoms with Gasteiger partial charge in [0.15, 0.2) is 0 Å². The summed E-state index contributed by atoms with van der Waals surface area (Å²) in [5, 5.41) is 6.58. The first kappa shape index (κ1) is 32.3. The van der Waals surface area contributed by atoms with Crippen LogP contribution in [0, 0.1) is 0 Å². The average molecular weight is 505 g/mol. The van der Waals surface area contributed by atoms with E-state index in [4.69, 9.17) is 33.6 Å². The van der Waals surface area contributed by atoms with E-state index >= 15 is 0 Å². The van der Waals surface area contributed by atoms with E-state index < -0.39 is 17.4 Å². The number of hydrogen-bond donors (Lipinski definition) is 4. The summed E-state index contributed by atoms with van der Waals surface area (Å²) in [6.45, 7) is 6.80. The molecule has 6 N–H and O–H groups in total. The molecular formula is C22H48N4O5Si2.